The van der Waals surface area contributed by atoms with Crippen LogP contribution in [0.15, 0.2) is 54.6 Å². The Morgan fingerprint density at radius 3 is 2.48 bits per heavy atom. The summed E-state index contributed by atoms with van der Waals surface area (Å²) in [6, 6.07) is 17.7. The van der Waals surface area contributed by atoms with Crippen molar-refractivity contribution in [1.29, 1.82) is 0 Å². The SMILES string of the molecule is COc1ccc(C2C(CNC(=O)C3(C)CCCN3C(=O)c3ccccc3)CCCN2C)cc1. The first-order valence-corrected chi connectivity index (χ1v) is 11.9. The number of carbonyl (C=O) groups excluding carboxylic acids is 2. The van der Waals surface area contributed by atoms with Gasteiger partial charge in [-0.3, -0.25) is 14.5 Å². The Kier molecular flexibility index (Phi) is 7.03. The highest BCUT2D eigenvalue weighted by Crippen LogP contribution is 2.36. The predicted molar refractivity (Wildman–Crippen MR) is 129 cm³/mol. The molecule has 2 aromatic rings. The predicted octanol–water partition coefficient (Wildman–Crippen LogP) is 3.89. The number of rotatable bonds is 6. The molecule has 0 aliphatic carbocycles. The molecule has 0 spiro atoms. The zero-order valence-electron chi connectivity index (χ0n) is 19.9. The summed E-state index contributed by atoms with van der Waals surface area (Å²) >= 11 is 0. The number of ether oxygens (including phenoxy) is 1. The number of likely N-dealkylation sites (tertiary alicyclic amines) is 2. The minimum atomic E-state index is -0.816. The van der Waals surface area contributed by atoms with Crippen LogP contribution in [0.1, 0.15) is 54.6 Å². The van der Waals surface area contributed by atoms with Crippen LogP contribution < -0.4 is 10.1 Å². The molecule has 6 nitrogen and oxygen atoms in total. The van der Waals surface area contributed by atoms with E-state index in [4.69, 9.17) is 4.74 Å². The largest absolute Gasteiger partial charge is 0.497 e. The number of piperidine rings is 1. The van der Waals surface area contributed by atoms with E-state index in [1.54, 1.807) is 12.0 Å². The molecular weight excluding hydrogens is 414 g/mol. The van der Waals surface area contributed by atoms with Crippen molar-refractivity contribution in [1.82, 2.24) is 15.1 Å². The van der Waals surface area contributed by atoms with Gasteiger partial charge in [0.1, 0.15) is 11.3 Å². The van der Waals surface area contributed by atoms with Gasteiger partial charge in [0.05, 0.1) is 7.11 Å². The van der Waals surface area contributed by atoms with Crippen LogP contribution in [0.5, 0.6) is 5.75 Å². The van der Waals surface area contributed by atoms with Gasteiger partial charge < -0.3 is 15.0 Å². The van der Waals surface area contributed by atoms with Gasteiger partial charge in [0.25, 0.3) is 5.91 Å². The molecule has 2 saturated heterocycles. The second-order valence-corrected chi connectivity index (χ2v) is 9.51. The molecule has 0 bridgehead atoms. The van der Waals surface area contributed by atoms with Gasteiger partial charge in [-0.1, -0.05) is 30.3 Å². The van der Waals surface area contributed by atoms with E-state index in [9.17, 15) is 9.59 Å². The first-order chi connectivity index (χ1) is 15.9. The summed E-state index contributed by atoms with van der Waals surface area (Å²) in [5.41, 5.74) is 1.06. The van der Waals surface area contributed by atoms with Gasteiger partial charge in [-0.25, -0.2) is 0 Å². The number of nitrogens with one attached hydrogen (secondary N) is 1. The molecule has 0 aromatic heterocycles. The summed E-state index contributed by atoms with van der Waals surface area (Å²) < 4.78 is 5.32. The second kappa shape index (κ2) is 9.96. The normalized spacial score (nSPS) is 25.6. The number of methoxy groups -OCH3 is 1. The van der Waals surface area contributed by atoms with Gasteiger partial charge in [-0.05, 0) is 81.9 Å². The third-order valence-electron chi connectivity index (χ3n) is 7.39. The highest BCUT2D eigenvalue weighted by atomic mass is 16.5. The van der Waals surface area contributed by atoms with E-state index in [0.717, 1.165) is 31.6 Å². The van der Waals surface area contributed by atoms with Crippen molar-refractivity contribution >= 4 is 11.8 Å². The highest BCUT2D eigenvalue weighted by molar-refractivity contribution is 5.99. The van der Waals surface area contributed by atoms with E-state index in [1.807, 2.05) is 49.4 Å². The average Bonchev–Trinajstić information content (AvgIpc) is 3.25. The highest BCUT2D eigenvalue weighted by Gasteiger charge is 2.46. The number of hydrogen-bond donors (Lipinski definition) is 1. The van der Waals surface area contributed by atoms with Crippen molar-refractivity contribution in [3.8, 4) is 5.75 Å². The average molecular weight is 450 g/mol. The molecular formula is C27H35N3O3. The standard InChI is InChI=1S/C27H35N3O3/c1-27(16-8-18-30(27)25(31)21-9-5-4-6-10-21)26(32)28-19-22-11-7-17-29(2)24(22)20-12-14-23(33-3)15-13-20/h4-6,9-10,12-15,22,24H,7-8,11,16-19H2,1-3H3,(H,28,32). The molecule has 0 saturated carbocycles. The van der Waals surface area contributed by atoms with Crippen LogP contribution in [0.3, 0.4) is 0 Å². The van der Waals surface area contributed by atoms with Crippen molar-refractivity contribution in [3.05, 3.63) is 65.7 Å². The molecule has 4 rings (SSSR count). The Morgan fingerprint density at radius 1 is 1.06 bits per heavy atom. The van der Waals surface area contributed by atoms with Crippen molar-refractivity contribution in [3.63, 3.8) is 0 Å². The topological polar surface area (TPSA) is 61.9 Å². The maximum absolute atomic E-state index is 13.4. The lowest BCUT2D eigenvalue weighted by Gasteiger charge is -2.40. The Balaban J connectivity index is 1.46. The Hall–Kier alpha value is -2.86. The van der Waals surface area contributed by atoms with E-state index in [2.05, 4.69) is 29.4 Å². The van der Waals surface area contributed by atoms with Gasteiger partial charge in [-0.2, -0.15) is 0 Å². The van der Waals surface area contributed by atoms with Crippen LogP contribution in [0.25, 0.3) is 0 Å². The summed E-state index contributed by atoms with van der Waals surface area (Å²) in [5.74, 6) is 1.04. The zero-order chi connectivity index (χ0) is 23.4. The summed E-state index contributed by atoms with van der Waals surface area (Å²) in [4.78, 5) is 30.7. The number of carbonyl (C=O) groups is 2. The van der Waals surface area contributed by atoms with E-state index < -0.39 is 5.54 Å². The quantitative estimate of drug-likeness (QED) is 0.727. The minimum Gasteiger partial charge on any atom is -0.497 e. The molecule has 2 fully saturated rings. The zero-order valence-corrected chi connectivity index (χ0v) is 19.9. The minimum absolute atomic E-state index is 0.0500. The maximum Gasteiger partial charge on any atom is 0.254 e. The van der Waals surface area contributed by atoms with Crippen molar-refractivity contribution in [2.75, 3.05) is 33.8 Å². The van der Waals surface area contributed by atoms with E-state index in [0.29, 0.717) is 31.0 Å². The van der Waals surface area contributed by atoms with Crippen molar-refractivity contribution in [2.24, 2.45) is 5.92 Å². The first-order valence-electron chi connectivity index (χ1n) is 11.9. The van der Waals surface area contributed by atoms with Crippen LogP contribution in [-0.4, -0.2) is 60.9 Å². The number of hydrogen-bond acceptors (Lipinski definition) is 4. The third kappa shape index (κ3) is 4.76. The van der Waals surface area contributed by atoms with Crippen LogP contribution in [-0.2, 0) is 4.79 Å². The molecule has 3 unspecified atom stereocenters. The van der Waals surface area contributed by atoms with Gasteiger partial charge >= 0.3 is 0 Å². The molecule has 176 valence electrons. The lowest BCUT2D eigenvalue weighted by Crippen LogP contribution is -2.56. The molecule has 2 aliphatic heterocycles. The lowest BCUT2D eigenvalue weighted by atomic mass is 9.84. The molecule has 6 heteroatoms. The monoisotopic (exact) mass is 449 g/mol. The number of amides is 2. The van der Waals surface area contributed by atoms with Gasteiger partial charge in [-0.15, -0.1) is 0 Å². The summed E-state index contributed by atoms with van der Waals surface area (Å²) in [7, 11) is 3.83. The van der Waals surface area contributed by atoms with E-state index in [1.165, 1.54) is 5.56 Å². The lowest BCUT2D eigenvalue weighted by molar-refractivity contribution is -0.130. The molecule has 33 heavy (non-hydrogen) atoms. The summed E-state index contributed by atoms with van der Waals surface area (Å²) in [6.07, 6.45) is 3.69. The van der Waals surface area contributed by atoms with Crippen molar-refractivity contribution in [2.45, 2.75) is 44.2 Å². The van der Waals surface area contributed by atoms with Crippen LogP contribution in [0, 0.1) is 5.92 Å². The van der Waals surface area contributed by atoms with E-state index >= 15 is 0 Å². The van der Waals surface area contributed by atoms with Crippen LogP contribution >= 0.6 is 0 Å². The van der Waals surface area contributed by atoms with Crippen molar-refractivity contribution < 1.29 is 14.3 Å². The van der Waals surface area contributed by atoms with Crippen LogP contribution in [0.2, 0.25) is 0 Å². The van der Waals surface area contributed by atoms with E-state index in [-0.39, 0.29) is 17.9 Å². The fourth-order valence-corrected chi connectivity index (χ4v) is 5.48. The summed E-state index contributed by atoms with van der Waals surface area (Å²) in [5, 5.41) is 3.23. The molecule has 3 atom stereocenters. The second-order valence-electron chi connectivity index (χ2n) is 9.51. The maximum atomic E-state index is 13.4. The first kappa shape index (κ1) is 23.3. The van der Waals surface area contributed by atoms with Gasteiger partial charge in [0, 0.05) is 24.7 Å². The fraction of sp³-hybridized carbons (Fsp3) is 0.481. The summed E-state index contributed by atoms with van der Waals surface area (Å²) in [6.45, 7) is 4.16. The molecule has 0 radical (unpaired) electrons. The number of benzene rings is 2. The smallest absolute Gasteiger partial charge is 0.254 e. The fourth-order valence-electron chi connectivity index (χ4n) is 5.48. The molecule has 2 amide bonds. The van der Waals surface area contributed by atoms with Crippen LogP contribution in [0.4, 0.5) is 0 Å². The molecule has 2 aliphatic rings. The Morgan fingerprint density at radius 2 is 1.79 bits per heavy atom. The Bertz CT molecular complexity index is 962. The van der Waals surface area contributed by atoms with Gasteiger partial charge in [0.2, 0.25) is 5.91 Å². The third-order valence-corrected chi connectivity index (χ3v) is 7.39. The molecule has 2 heterocycles. The number of nitrogens with zero attached hydrogens (tertiary/aromatic N) is 2. The Labute approximate surface area is 196 Å². The van der Waals surface area contributed by atoms with Gasteiger partial charge in [0.15, 0.2) is 0 Å². The molecule has 2 aromatic carbocycles. The molecule has 1 N–H and O–H groups in total.